The third-order valence-corrected chi connectivity index (χ3v) is 3.60. The first-order chi connectivity index (χ1) is 9.33. The number of likely N-dealkylation sites (tertiary alicyclic amines) is 1. The van der Waals surface area contributed by atoms with Crippen molar-refractivity contribution in [1.29, 1.82) is 0 Å². The minimum atomic E-state index is -3.39. The molecule has 0 aromatic carbocycles. The fraction of sp³-hybridized carbons (Fsp3) is 0.700. The minimum Gasteiger partial charge on any atom is -0.341 e. The average molecular weight is 302 g/mol. The van der Waals surface area contributed by atoms with Gasteiger partial charge in [-0.2, -0.15) is 0 Å². The number of hydrogen-bond donors (Lipinski definition) is 2. The molecule has 1 aliphatic heterocycles. The predicted molar refractivity (Wildman–Crippen MR) is 72.3 cm³/mol. The summed E-state index contributed by atoms with van der Waals surface area (Å²) >= 11 is 0. The molecule has 1 saturated heterocycles. The summed E-state index contributed by atoms with van der Waals surface area (Å²) in [5.74, 6) is 0.0219. The van der Waals surface area contributed by atoms with E-state index in [1.54, 1.807) is 4.90 Å². The van der Waals surface area contributed by atoms with Crippen LogP contribution in [0.3, 0.4) is 0 Å². The van der Waals surface area contributed by atoms with Gasteiger partial charge in [-0.25, -0.2) is 13.1 Å². The Morgan fingerprint density at radius 2 is 2.15 bits per heavy atom. The second-order valence-electron chi connectivity index (χ2n) is 4.89. The van der Waals surface area contributed by atoms with Crippen LogP contribution in [0.1, 0.15) is 12.8 Å². The Labute approximate surface area is 117 Å². The molecule has 0 spiro atoms. The topological polar surface area (TPSA) is 123 Å². The van der Waals surface area contributed by atoms with Crippen LogP contribution in [0.15, 0.2) is 6.20 Å². The molecule has 1 aromatic rings. The Bertz CT molecular complexity index is 576. The largest absolute Gasteiger partial charge is 0.341 e. The van der Waals surface area contributed by atoms with Gasteiger partial charge in [0, 0.05) is 19.1 Å². The minimum absolute atomic E-state index is 0.0354. The molecule has 112 valence electrons. The summed E-state index contributed by atoms with van der Waals surface area (Å²) in [7, 11) is -3.39. The van der Waals surface area contributed by atoms with Crippen LogP contribution < -0.4 is 10.5 Å². The molecule has 3 N–H and O–H groups in total. The number of nitrogens with one attached hydrogen (secondary N) is 1. The van der Waals surface area contributed by atoms with Crippen molar-refractivity contribution in [3.8, 4) is 0 Å². The monoisotopic (exact) mass is 302 g/mol. The number of rotatable bonds is 4. The molecule has 1 fully saturated rings. The van der Waals surface area contributed by atoms with E-state index < -0.39 is 10.0 Å². The maximum atomic E-state index is 12.0. The van der Waals surface area contributed by atoms with Gasteiger partial charge >= 0.3 is 0 Å². The van der Waals surface area contributed by atoms with E-state index >= 15 is 0 Å². The molecule has 0 unspecified atom stereocenters. The van der Waals surface area contributed by atoms with Crippen molar-refractivity contribution < 1.29 is 13.2 Å². The summed E-state index contributed by atoms with van der Waals surface area (Å²) in [6.07, 6.45) is 4.00. The normalized spacial score (nSPS) is 17.2. The fourth-order valence-electron chi connectivity index (χ4n) is 2.00. The lowest BCUT2D eigenvalue weighted by Crippen LogP contribution is -2.44. The van der Waals surface area contributed by atoms with E-state index in [1.165, 1.54) is 10.9 Å². The highest BCUT2D eigenvalue weighted by Gasteiger charge is 2.21. The zero-order chi connectivity index (χ0) is 14.8. The van der Waals surface area contributed by atoms with Crippen LogP contribution in [0.5, 0.6) is 0 Å². The molecule has 10 heteroatoms. The van der Waals surface area contributed by atoms with Gasteiger partial charge < -0.3 is 10.6 Å². The maximum Gasteiger partial charge on any atom is 0.244 e. The van der Waals surface area contributed by atoms with Crippen molar-refractivity contribution in [2.45, 2.75) is 25.4 Å². The number of amides is 1. The van der Waals surface area contributed by atoms with Gasteiger partial charge in [-0.1, -0.05) is 5.21 Å². The van der Waals surface area contributed by atoms with Gasteiger partial charge in [0.05, 0.1) is 12.5 Å². The van der Waals surface area contributed by atoms with Gasteiger partial charge in [-0.3, -0.25) is 9.52 Å². The zero-order valence-corrected chi connectivity index (χ0v) is 12.0. The van der Waals surface area contributed by atoms with E-state index in [2.05, 4.69) is 15.0 Å². The van der Waals surface area contributed by atoms with Crippen molar-refractivity contribution >= 4 is 21.7 Å². The highest BCUT2D eigenvalue weighted by atomic mass is 32.2. The van der Waals surface area contributed by atoms with Crippen LogP contribution in [-0.4, -0.2) is 59.6 Å². The lowest BCUT2D eigenvalue weighted by molar-refractivity contribution is -0.133. The van der Waals surface area contributed by atoms with Crippen LogP contribution in [0.25, 0.3) is 0 Å². The summed E-state index contributed by atoms with van der Waals surface area (Å²) in [5.41, 5.74) is 5.78. The highest BCUT2D eigenvalue weighted by Crippen LogP contribution is 2.09. The van der Waals surface area contributed by atoms with Crippen molar-refractivity contribution in [2.24, 2.45) is 5.73 Å². The van der Waals surface area contributed by atoms with Crippen LogP contribution in [0.4, 0.5) is 5.82 Å². The number of piperidine rings is 1. The second kappa shape index (κ2) is 5.75. The first kappa shape index (κ1) is 14.7. The van der Waals surface area contributed by atoms with Crippen LogP contribution in [0, 0.1) is 0 Å². The first-order valence-corrected chi connectivity index (χ1v) is 8.14. The number of nitrogens with two attached hydrogens (primary N) is 1. The number of hydrogen-bond acceptors (Lipinski definition) is 6. The smallest absolute Gasteiger partial charge is 0.244 e. The standard InChI is InChI=1S/C10H18N6O3S/c1-20(18,19)13-9-6-16(14-12-9)7-10(17)15-4-2-8(11)3-5-15/h6,8,13H,2-5,7,11H2,1H3. The molecule has 2 heterocycles. The average Bonchev–Trinajstić information content (AvgIpc) is 2.74. The quantitative estimate of drug-likeness (QED) is 0.705. The number of nitrogens with zero attached hydrogens (tertiary/aromatic N) is 4. The lowest BCUT2D eigenvalue weighted by Gasteiger charge is -2.30. The molecule has 2 rings (SSSR count). The highest BCUT2D eigenvalue weighted by molar-refractivity contribution is 7.92. The van der Waals surface area contributed by atoms with Crippen molar-refractivity contribution in [1.82, 2.24) is 19.9 Å². The Morgan fingerprint density at radius 1 is 1.50 bits per heavy atom. The predicted octanol–water partition coefficient (Wildman–Crippen LogP) is -1.40. The molecule has 0 aliphatic carbocycles. The molecule has 0 saturated carbocycles. The third-order valence-electron chi connectivity index (χ3n) is 3.02. The first-order valence-electron chi connectivity index (χ1n) is 6.25. The van der Waals surface area contributed by atoms with Crippen molar-refractivity contribution in [3.05, 3.63) is 6.20 Å². The molecule has 0 radical (unpaired) electrons. The number of carbonyl (C=O) groups is 1. The number of aromatic nitrogens is 3. The van der Waals surface area contributed by atoms with Gasteiger partial charge in [0.25, 0.3) is 0 Å². The molecule has 1 aliphatic rings. The Hall–Kier alpha value is -1.68. The van der Waals surface area contributed by atoms with Gasteiger partial charge in [0.1, 0.15) is 6.54 Å². The van der Waals surface area contributed by atoms with Crippen LogP contribution in [0.2, 0.25) is 0 Å². The van der Waals surface area contributed by atoms with Gasteiger partial charge in [0.15, 0.2) is 5.82 Å². The van der Waals surface area contributed by atoms with Gasteiger partial charge in [0.2, 0.25) is 15.9 Å². The van der Waals surface area contributed by atoms with Gasteiger partial charge in [-0.15, -0.1) is 5.10 Å². The van der Waals surface area contributed by atoms with E-state index in [0.717, 1.165) is 19.1 Å². The van der Waals surface area contributed by atoms with E-state index in [4.69, 9.17) is 5.73 Å². The summed E-state index contributed by atoms with van der Waals surface area (Å²) < 4.78 is 25.6. The van der Waals surface area contributed by atoms with Crippen molar-refractivity contribution in [2.75, 3.05) is 24.1 Å². The summed E-state index contributed by atoms with van der Waals surface area (Å²) in [6.45, 7) is 1.32. The Balaban J connectivity index is 1.91. The van der Waals surface area contributed by atoms with E-state index in [0.29, 0.717) is 13.1 Å². The summed E-state index contributed by atoms with van der Waals surface area (Å²) in [4.78, 5) is 13.8. The molecule has 9 nitrogen and oxygen atoms in total. The summed E-state index contributed by atoms with van der Waals surface area (Å²) in [6, 6.07) is 0.163. The van der Waals surface area contributed by atoms with Gasteiger partial charge in [-0.05, 0) is 12.8 Å². The summed E-state index contributed by atoms with van der Waals surface area (Å²) in [5, 5.41) is 7.36. The fourth-order valence-corrected chi connectivity index (χ4v) is 2.47. The maximum absolute atomic E-state index is 12.0. The van der Waals surface area contributed by atoms with E-state index in [-0.39, 0.29) is 24.3 Å². The number of sulfonamides is 1. The lowest BCUT2D eigenvalue weighted by atomic mass is 10.1. The molecule has 20 heavy (non-hydrogen) atoms. The van der Waals surface area contributed by atoms with Crippen LogP contribution in [-0.2, 0) is 21.4 Å². The second-order valence-corrected chi connectivity index (χ2v) is 6.64. The number of anilines is 1. The van der Waals surface area contributed by atoms with Crippen molar-refractivity contribution in [3.63, 3.8) is 0 Å². The zero-order valence-electron chi connectivity index (χ0n) is 11.2. The molecule has 0 bridgehead atoms. The van der Waals surface area contributed by atoms with E-state index in [9.17, 15) is 13.2 Å². The molecule has 1 amide bonds. The Morgan fingerprint density at radius 3 is 2.75 bits per heavy atom. The molecule has 0 atom stereocenters. The Kier molecular flexibility index (Phi) is 4.23. The molecular weight excluding hydrogens is 284 g/mol. The SMILES string of the molecule is CS(=O)(=O)Nc1cn(CC(=O)N2CCC(N)CC2)nn1. The van der Waals surface area contributed by atoms with E-state index in [1.807, 2.05) is 0 Å². The number of carbonyl (C=O) groups excluding carboxylic acids is 1. The third kappa shape index (κ3) is 4.17. The molecule has 1 aromatic heterocycles. The molecular formula is C10H18N6O3S. The van der Waals surface area contributed by atoms with Crippen LogP contribution >= 0.6 is 0 Å².